The summed E-state index contributed by atoms with van der Waals surface area (Å²) in [5, 5.41) is 6.25. The van der Waals surface area contributed by atoms with Crippen molar-refractivity contribution in [1.29, 1.82) is 0 Å². The van der Waals surface area contributed by atoms with E-state index >= 15 is 0 Å². The molecule has 17 heavy (non-hydrogen) atoms. The van der Waals surface area contributed by atoms with Gasteiger partial charge in [0.2, 0.25) is 5.03 Å². The highest BCUT2D eigenvalue weighted by atomic mass is 35.5. The Hall–Kier alpha value is -1.38. The van der Waals surface area contributed by atoms with Crippen LogP contribution in [0.5, 0.6) is 0 Å². The van der Waals surface area contributed by atoms with Crippen molar-refractivity contribution in [3.05, 3.63) is 29.4 Å². The van der Waals surface area contributed by atoms with Crippen LogP contribution in [0.3, 0.4) is 0 Å². The van der Waals surface area contributed by atoms with Crippen LogP contribution in [0.25, 0.3) is 0 Å². The van der Waals surface area contributed by atoms with Crippen LogP contribution in [0.15, 0.2) is 23.6 Å². The number of sulfonamides is 1. The van der Waals surface area contributed by atoms with E-state index in [0.717, 1.165) is 0 Å². The number of imidazole rings is 1. The molecule has 0 amide bonds. The molecule has 0 bridgehead atoms. The molecule has 0 saturated heterocycles. The number of halogens is 1. The average Bonchev–Trinajstić information content (AvgIpc) is 2.88. The molecule has 92 valence electrons. The highest BCUT2D eigenvalue weighted by molar-refractivity contribution is 7.89. The number of nitrogens with one attached hydrogen (secondary N) is 2. The predicted molar refractivity (Wildman–Crippen MR) is 60.8 cm³/mol. The second kappa shape index (κ2) is 4.47. The van der Waals surface area contributed by atoms with Crippen LogP contribution in [0.4, 0.5) is 0 Å². The zero-order valence-corrected chi connectivity index (χ0v) is 10.5. The molecule has 7 nitrogen and oxygen atoms in total. The summed E-state index contributed by atoms with van der Waals surface area (Å²) in [4.78, 5) is 3.74. The van der Waals surface area contributed by atoms with E-state index in [1.807, 2.05) is 0 Å². The zero-order valence-electron chi connectivity index (χ0n) is 8.88. The lowest BCUT2D eigenvalue weighted by Crippen LogP contribution is -2.24. The summed E-state index contributed by atoms with van der Waals surface area (Å²) in [7, 11) is -2.09. The van der Waals surface area contributed by atoms with Gasteiger partial charge in [-0.2, -0.15) is 5.10 Å². The molecule has 0 aliphatic heterocycles. The van der Waals surface area contributed by atoms with Crippen molar-refractivity contribution in [1.82, 2.24) is 24.5 Å². The smallest absolute Gasteiger partial charge is 0.261 e. The first-order valence-corrected chi connectivity index (χ1v) is 6.51. The number of aromatic nitrogens is 4. The van der Waals surface area contributed by atoms with E-state index in [1.54, 1.807) is 13.1 Å². The lowest BCUT2D eigenvalue weighted by molar-refractivity contribution is 0.577. The molecular weight excluding hydrogens is 266 g/mol. The Labute approximate surface area is 103 Å². The molecule has 0 fully saturated rings. The van der Waals surface area contributed by atoms with Crippen molar-refractivity contribution in [2.75, 3.05) is 0 Å². The topological polar surface area (TPSA) is 92.7 Å². The normalized spacial score (nSPS) is 11.9. The van der Waals surface area contributed by atoms with Crippen molar-refractivity contribution in [3.8, 4) is 0 Å². The lowest BCUT2D eigenvalue weighted by Gasteiger charge is -2.03. The molecule has 0 atom stereocenters. The van der Waals surface area contributed by atoms with E-state index < -0.39 is 10.0 Å². The number of nitrogens with zero attached hydrogens (tertiary/aromatic N) is 3. The highest BCUT2D eigenvalue weighted by Gasteiger charge is 2.21. The molecule has 0 aliphatic rings. The summed E-state index contributed by atoms with van der Waals surface area (Å²) >= 11 is 5.82. The molecule has 2 N–H and O–H groups in total. The predicted octanol–water partition coefficient (Wildman–Crippen LogP) is 0.275. The van der Waals surface area contributed by atoms with Crippen molar-refractivity contribution in [3.63, 3.8) is 0 Å². The van der Waals surface area contributed by atoms with E-state index in [4.69, 9.17) is 11.6 Å². The van der Waals surface area contributed by atoms with Gasteiger partial charge in [0, 0.05) is 13.2 Å². The molecule has 0 aromatic carbocycles. The van der Waals surface area contributed by atoms with Gasteiger partial charge in [0.1, 0.15) is 5.15 Å². The Kier molecular flexibility index (Phi) is 3.18. The molecule has 2 aromatic rings. The summed E-state index contributed by atoms with van der Waals surface area (Å²) in [6, 6.07) is 1.67. The number of aromatic amines is 1. The Bertz CT molecular complexity index is 604. The third kappa shape index (κ3) is 2.48. The van der Waals surface area contributed by atoms with Gasteiger partial charge in [-0.1, -0.05) is 11.6 Å². The van der Waals surface area contributed by atoms with E-state index in [0.29, 0.717) is 5.69 Å². The summed E-state index contributed by atoms with van der Waals surface area (Å²) in [6.45, 7) is 0.106. The van der Waals surface area contributed by atoms with Crippen molar-refractivity contribution in [2.45, 2.75) is 11.6 Å². The van der Waals surface area contributed by atoms with Gasteiger partial charge in [-0.25, -0.2) is 18.1 Å². The second-order valence-corrected chi connectivity index (χ2v) is 5.40. The van der Waals surface area contributed by atoms with Gasteiger partial charge >= 0.3 is 0 Å². The molecule has 2 aromatic heterocycles. The van der Waals surface area contributed by atoms with Gasteiger partial charge < -0.3 is 4.57 Å². The first-order valence-electron chi connectivity index (χ1n) is 4.65. The third-order valence-corrected chi connectivity index (χ3v) is 3.99. The summed E-state index contributed by atoms with van der Waals surface area (Å²) in [5.41, 5.74) is 0.653. The summed E-state index contributed by atoms with van der Waals surface area (Å²) in [6.07, 6.45) is 2.88. The van der Waals surface area contributed by atoms with Crippen LogP contribution in [-0.4, -0.2) is 28.2 Å². The standard InChI is InChI=1S/C8H10ClN5O2S/c1-14-5-10-8(7(14)9)17(15,16)12-4-6-2-3-11-13-6/h2-3,5,12H,4H2,1H3,(H,11,13). The summed E-state index contributed by atoms with van der Waals surface area (Å²) < 4.78 is 27.5. The number of hydrogen-bond acceptors (Lipinski definition) is 4. The summed E-state index contributed by atoms with van der Waals surface area (Å²) in [5.74, 6) is 0. The number of hydrogen-bond donors (Lipinski definition) is 2. The first kappa shape index (κ1) is 12.1. The third-order valence-electron chi connectivity index (χ3n) is 2.10. The average molecular weight is 276 g/mol. The Balaban J connectivity index is 2.17. The van der Waals surface area contributed by atoms with Crippen LogP contribution >= 0.6 is 11.6 Å². The molecule has 0 saturated carbocycles. The van der Waals surface area contributed by atoms with Crippen LogP contribution in [-0.2, 0) is 23.6 Å². The molecule has 0 unspecified atom stereocenters. The van der Waals surface area contributed by atoms with Gasteiger partial charge in [0.15, 0.2) is 0 Å². The fourth-order valence-electron chi connectivity index (χ4n) is 1.20. The van der Waals surface area contributed by atoms with Crippen LogP contribution in [0.1, 0.15) is 5.69 Å². The Morgan fingerprint density at radius 3 is 2.88 bits per heavy atom. The highest BCUT2D eigenvalue weighted by Crippen LogP contribution is 2.18. The molecule has 0 spiro atoms. The maximum absolute atomic E-state index is 11.9. The van der Waals surface area contributed by atoms with Gasteiger partial charge in [0.25, 0.3) is 10.0 Å². The molecule has 2 rings (SSSR count). The van der Waals surface area contributed by atoms with E-state index in [2.05, 4.69) is 19.9 Å². The van der Waals surface area contributed by atoms with Crippen molar-refractivity contribution in [2.24, 2.45) is 7.05 Å². The maximum atomic E-state index is 11.9. The lowest BCUT2D eigenvalue weighted by atomic mass is 10.4. The van der Waals surface area contributed by atoms with Crippen molar-refractivity contribution < 1.29 is 8.42 Å². The minimum Gasteiger partial charge on any atom is -0.324 e. The molecule has 2 heterocycles. The Morgan fingerprint density at radius 1 is 1.59 bits per heavy atom. The SMILES string of the molecule is Cn1cnc(S(=O)(=O)NCc2ccn[nH]2)c1Cl. The zero-order chi connectivity index (χ0) is 12.5. The number of H-pyrrole nitrogens is 1. The molecular formula is C8H10ClN5O2S. The molecule has 0 radical (unpaired) electrons. The quantitative estimate of drug-likeness (QED) is 0.838. The fourth-order valence-corrected chi connectivity index (χ4v) is 2.63. The maximum Gasteiger partial charge on any atom is 0.261 e. The molecule has 9 heteroatoms. The minimum absolute atomic E-state index is 0.0714. The van der Waals surface area contributed by atoms with Crippen LogP contribution in [0.2, 0.25) is 5.15 Å². The first-order chi connectivity index (χ1) is 8.00. The van der Waals surface area contributed by atoms with E-state index in [9.17, 15) is 8.42 Å². The largest absolute Gasteiger partial charge is 0.324 e. The van der Waals surface area contributed by atoms with Crippen LogP contribution in [0, 0.1) is 0 Å². The van der Waals surface area contributed by atoms with E-state index in [1.165, 1.54) is 17.1 Å². The number of rotatable bonds is 4. The Morgan fingerprint density at radius 2 is 2.35 bits per heavy atom. The van der Waals surface area contributed by atoms with Gasteiger partial charge in [0.05, 0.1) is 18.6 Å². The van der Waals surface area contributed by atoms with Crippen molar-refractivity contribution >= 4 is 21.6 Å². The monoisotopic (exact) mass is 275 g/mol. The van der Waals surface area contributed by atoms with Crippen LogP contribution < -0.4 is 4.72 Å². The van der Waals surface area contributed by atoms with Gasteiger partial charge in [-0.3, -0.25) is 5.10 Å². The second-order valence-electron chi connectivity index (χ2n) is 3.36. The van der Waals surface area contributed by atoms with Gasteiger partial charge in [-0.05, 0) is 6.07 Å². The van der Waals surface area contributed by atoms with Gasteiger partial charge in [-0.15, -0.1) is 0 Å². The number of aryl methyl sites for hydroxylation is 1. The fraction of sp³-hybridized carbons (Fsp3) is 0.250. The minimum atomic E-state index is -3.71. The van der Waals surface area contributed by atoms with E-state index in [-0.39, 0.29) is 16.7 Å². The molecule has 0 aliphatic carbocycles.